The Bertz CT molecular complexity index is 1090. The smallest absolute Gasteiger partial charge is 0.295 e. The molecule has 0 saturated heterocycles. The van der Waals surface area contributed by atoms with E-state index in [1.54, 1.807) is 31.2 Å². The van der Waals surface area contributed by atoms with E-state index < -0.39 is 17.6 Å². The summed E-state index contributed by atoms with van der Waals surface area (Å²) in [5, 5.41) is 3.96. The van der Waals surface area contributed by atoms with E-state index in [1.165, 1.54) is 13.1 Å². The van der Waals surface area contributed by atoms with Gasteiger partial charge in [-0.2, -0.15) is 0 Å². The lowest BCUT2D eigenvalue weighted by atomic mass is 10.1. The maximum Gasteiger partial charge on any atom is 0.295 e. The molecule has 28 heavy (non-hydrogen) atoms. The summed E-state index contributed by atoms with van der Waals surface area (Å²) in [6.45, 7) is 1.45. The molecule has 3 rings (SSSR count). The average Bonchev–Trinajstić information content (AvgIpc) is 2.99. The van der Waals surface area contributed by atoms with Crippen molar-refractivity contribution in [2.75, 3.05) is 18.9 Å². The van der Waals surface area contributed by atoms with Crippen LogP contribution in [0, 0.1) is 6.92 Å². The Kier molecular flexibility index (Phi) is 5.72. The van der Waals surface area contributed by atoms with Gasteiger partial charge in [0.25, 0.3) is 11.7 Å². The Morgan fingerprint density at radius 3 is 2.50 bits per heavy atom. The van der Waals surface area contributed by atoms with Crippen LogP contribution < -0.4 is 5.32 Å². The van der Waals surface area contributed by atoms with Crippen molar-refractivity contribution in [1.29, 1.82) is 0 Å². The van der Waals surface area contributed by atoms with Crippen molar-refractivity contribution in [2.24, 2.45) is 0 Å². The molecule has 2 N–H and O–H groups in total. The van der Waals surface area contributed by atoms with Crippen LogP contribution in [0.15, 0.2) is 42.5 Å². The number of aromatic nitrogens is 1. The number of carbonyl (C=O) groups excluding carboxylic acids is 3. The number of nitrogens with one attached hydrogen (secondary N) is 2. The maximum absolute atomic E-state index is 12.7. The van der Waals surface area contributed by atoms with Crippen LogP contribution in [0.2, 0.25) is 10.0 Å². The molecule has 0 fully saturated rings. The molecule has 0 radical (unpaired) electrons. The fourth-order valence-electron chi connectivity index (χ4n) is 2.91. The highest BCUT2D eigenvalue weighted by Crippen LogP contribution is 2.25. The van der Waals surface area contributed by atoms with Crippen LogP contribution in [0.3, 0.4) is 0 Å². The zero-order valence-corrected chi connectivity index (χ0v) is 16.7. The molecule has 3 aromatic rings. The normalized spacial score (nSPS) is 10.7. The summed E-state index contributed by atoms with van der Waals surface area (Å²) < 4.78 is 0. The number of nitrogens with zero attached hydrogens (tertiary/aromatic N) is 1. The number of likely N-dealkylation sites (N-methyl/N-ethyl adjacent to an activating group) is 1. The largest absolute Gasteiger partial charge is 0.358 e. The zero-order valence-electron chi connectivity index (χ0n) is 15.2. The highest BCUT2D eigenvalue weighted by Gasteiger charge is 2.26. The third-order valence-corrected chi connectivity index (χ3v) is 4.98. The van der Waals surface area contributed by atoms with Gasteiger partial charge in [-0.3, -0.25) is 14.4 Å². The second-order valence-corrected chi connectivity index (χ2v) is 7.15. The number of ketones is 1. The molecule has 0 aliphatic carbocycles. The van der Waals surface area contributed by atoms with Gasteiger partial charge in [-0.15, -0.1) is 0 Å². The first kappa shape index (κ1) is 19.9. The molecule has 0 saturated carbocycles. The van der Waals surface area contributed by atoms with Crippen molar-refractivity contribution < 1.29 is 14.4 Å². The molecule has 0 spiro atoms. The number of hydrogen-bond donors (Lipinski definition) is 2. The Hall–Kier alpha value is -2.83. The van der Waals surface area contributed by atoms with E-state index in [2.05, 4.69) is 10.3 Å². The molecule has 8 heteroatoms. The van der Waals surface area contributed by atoms with Crippen molar-refractivity contribution in [3.05, 3.63) is 63.8 Å². The molecular formula is C20H17Cl2N3O3. The quantitative estimate of drug-likeness (QED) is 0.484. The number of halogens is 2. The zero-order chi connectivity index (χ0) is 20.4. The molecule has 144 valence electrons. The summed E-state index contributed by atoms with van der Waals surface area (Å²) in [6, 6.07) is 11.9. The van der Waals surface area contributed by atoms with Gasteiger partial charge in [0, 0.05) is 29.3 Å². The van der Waals surface area contributed by atoms with Crippen LogP contribution in [-0.4, -0.2) is 41.1 Å². The molecular weight excluding hydrogens is 401 g/mol. The van der Waals surface area contributed by atoms with Crippen molar-refractivity contribution in [3.63, 3.8) is 0 Å². The van der Waals surface area contributed by atoms with Gasteiger partial charge >= 0.3 is 0 Å². The second kappa shape index (κ2) is 8.04. The van der Waals surface area contributed by atoms with Gasteiger partial charge in [-0.25, -0.2) is 0 Å². The number of Topliss-reactive ketones (excluding diaryl/α,β-unsaturated/α-hetero) is 1. The lowest BCUT2D eigenvalue weighted by molar-refractivity contribution is -0.129. The summed E-state index contributed by atoms with van der Waals surface area (Å²) in [6.07, 6.45) is 0. The Morgan fingerprint density at radius 1 is 1.07 bits per heavy atom. The lowest BCUT2D eigenvalue weighted by Gasteiger charge is -2.16. The fourth-order valence-corrected chi connectivity index (χ4v) is 3.21. The van der Waals surface area contributed by atoms with Crippen LogP contribution in [0.5, 0.6) is 0 Å². The van der Waals surface area contributed by atoms with E-state index in [1.807, 2.05) is 12.1 Å². The number of H-pyrrole nitrogens is 1. The number of rotatable bonds is 5. The Labute approximate surface area is 171 Å². The standard InChI is InChI=1S/C20H17Cl2N3O3/c1-11-18(13-5-3-4-6-16(13)23-11)19(27)20(28)25(2)10-17(26)24-12-7-8-14(21)15(22)9-12/h3-9,23H,10H2,1-2H3,(H,24,26). The van der Waals surface area contributed by atoms with E-state index in [0.717, 1.165) is 10.4 Å². The SMILES string of the molecule is Cc1[nH]c2ccccc2c1C(=O)C(=O)N(C)CC(=O)Nc1ccc(Cl)c(Cl)c1. The number of carbonyl (C=O) groups is 3. The third kappa shape index (κ3) is 4.03. The molecule has 0 aliphatic heterocycles. The summed E-state index contributed by atoms with van der Waals surface area (Å²) in [5.41, 5.74) is 2.14. The fraction of sp³-hybridized carbons (Fsp3) is 0.150. The van der Waals surface area contributed by atoms with E-state index in [9.17, 15) is 14.4 Å². The number of benzene rings is 2. The molecule has 2 amide bonds. The second-order valence-electron chi connectivity index (χ2n) is 6.34. The first-order valence-corrected chi connectivity index (χ1v) is 9.15. The van der Waals surface area contributed by atoms with Crippen LogP contribution in [-0.2, 0) is 9.59 Å². The number of para-hydroxylation sites is 1. The van der Waals surface area contributed by atoms with Crippen LogP contribution in [0.4, 0.5) is 5.69 Å². The lowest BCUT2D eigenvalue weighted by Crippen LogP contribution is -2.39. The van der Waals surface area contributed by atoms with Gasteiger partial charge in [-0.1, -0.05) is 41.4 Å². The summed E-state index contributed by atoms with van der Waals surface area (Å²) in [7, 11) is 1.40. The molecule has 0 aliphatic rings. The van der Waals surface area contributed by atoms with Gasteiger partial charge in [0.1, 0.15) is 0 Å². The van der Waals surface area contributed by atoms with E-state index in [4.69, 9.17) is 23.2 Å². The number of hydrogen-bond acceptors (Lipinski definition) is 3. The summed E-state index contributed by atoms with van der Waals surface area (Å²) >= 11 is 11.8. The van der Waals surface area contributed by atoms with Gasteiger partial charge in [0.2, 0.25) is 5.91 Å². The number of amides is 2. The Balaban J connectivity index is 1.71. The average molecular weight is 418 g/mol. The van der Waals surface area contributed by atoms with Gasteiger partial charge in [0.15, 0.2) is 0 Å². The van der Waals surface area contributed by atoms with E-state index in [0.29, 0.717) is 32.4 Å². The minimum Gasteiger partial charge on any atom is -0.358 e. The predicted octanol–water partition coefficient (Wildman–Crippen LogP) is 4.06. The maximum atomic E-state index is 12.7. The van der Waals surface area contributed by atoms with Gasteiger partial charge in [0.05, 0.1) is 22.2 Å². The van der Waals surface area contributed by atoms with E-state index in [-0.39, 0.29) is 6.54 Å². The molecule has 1 heterocycles. The van der Waals surface area contributed by atoms with Gasteiger partial charge in [-0.05, 0) is 31.2 Å². The molecule has 6 nitrogen and oxygen atoms in total. The molecule has 0 bridgehead atoms. The Morgan fingerprint density at radius 2 is 1.79 bits per heavy atom. The third-order valence-electron chi connectivity index (χ3n) is 4.25. The monoisotopic (exact) mass is 417 g/mol. The predicted molar refractivity (Wildman–Crippen MR) is 110 cm³/mol. The number of aryl methyl sites for hydroxylation is 1. The van der Waals surface area contributed by atoms with Gasteiger partial charge < -0.3 is 15.2 Å². The first-order chi connectivity index (χ1) is 13.3. The molecule has 0 atom stereocenters. The first-order valence-electron chi connectivity index (χ1n) is 8.40. The van der Waals surface area contributed by atoms with E-state index >= 15 is 0 Å². The van der Waals surface area contributed by atoms with Crippen molar-refractivity contribution in [1.82, 2.24) is 9.88 Å². The summed E-state index contributed by atoms with van der Waals surface area (Å²) in [5.74, 6) is -1.89. The molecule has 2 aromatic carbocycles. The molecule has 0 unspecified atom stereocenters. The van der Waals surface area contributed by atoms with Crippen molar-refractivity contribution in [2.45, 2.75) is 6.92 Å². The highest BCUT2D eigenvalue weighted by molar-refractivity contribution is 6.45. The van der Waals surface area contributed by atoms with Crippen LogP contribution in [0.1, 0.15) is 16.1 Å². The van der Waals surface area contributed by atoms with Crippen molar-refractivity contribution >= 4 is 57.4 Å². The van der Waals surface area contributed by atoms with Crippen LogP contribution >= 0.6 is 23.2 Å². The minimum atomic E-state index is -0.767. The van der Waals surface area contributed by atoms with Crippen LogP contribution in [0.25, 0.3) is 10.9 Å². The summed E-state index contributed by atoms with van der Waals surface area (Å²) in [4.78, 5) is 41.7. The highest BCUT2D eigenvalue weighted by atomic mass is 35.5. The van der Waals surface area contributed by atoms with Crippen molar-refractivity contribution in [3.8, 4) is 0 Å². The number of aromatic amines is 1. The minimum absolute atomic E-state index is 0.285. The number of fused-ring (bicyclic) bond motifs is 1. The number of anilines is 1. The topological polar surface area (TPSA) is 82.3 Å². The molecule has 1 aromatic heterocycles.